The Morgan fingerprint density at radius 1 is 1.19 bits per heavy atom. The van der Waals surface area contributed by atoms with Gasteiger partial charge in [-0.2, -0.15) is 13.2 Å². The highest BCUT2D eigenvalue weighted by Gasteiger charge is 2.33. The largest absolute Gasteiger partial charge is 0.423 e. The molecule has 2 rings (SSSR count). The summed E-state index contributed by atoms with van der Waals surface area (Å²) in [5.74, 6) is 0. The molecule has 1 aromatic carbocycles. The lowest BCUT2D eigenvalue weighted by Crippen LogP contribution is -2.10. The summed E-state index contributed by atoms with van der Waals surface area (Å²) >= 11 is 0. The van der Waals surface area contributed by atoms with Gasteiger partial charge in [-0.05, 0) is 18.6 Å². The van der Waals surface area contributed by atoms with Crippen LogP contribution < -0.4 is 5.63 Å². The second-order valence-corrected chi connectivity index (χ2v) is 3.48. The summed E-state index contributed by atoms with van der Waals surface area (Å²) in [6.45, 7) is 1.71. The van der Waals surface area contributed by atoms with Crippen LogP contribution in [0.1, 0.15) is 11.1 Å². The van der Waals surface area contributed by atoms with Crippen molar-refractivity contribution in [1.29, 1.82) is 0 Å². The second-order valence-electron chi connectivity index (χ2n) is 3.48. The molecule has 0 saturated carbocycles. The molecule has 0 aliphatic rings. The molecule has 5 heteroatoms. The molecule has 16 heavy (non-hydrogen) atoms. The Labute approximate surface area is 88.3 Å². The maximum absolute atomic E-state index is 12.6. The molecule has 0 bridgehead atoms. The molecule has 0 N–H and O–H groups in total. The summed E-state index contributed by atoms with van der Waals surface area (Å²) in [7, 11) is 0. The van der Waals surface area contributed by atoms with E-state index in [4.69, 9.17) is 4.42 Å². The molecule has 0 saturated heterocycles. The van der Waals surface area contributed by atoms with Crippen molar-refractivity contribution in [2.45, 2.75) is 13.1 Å². The Bertz CT molecular complexity index is 596. The summed E-state index contributed by atoms with van der Waals surface area (Å²) in [5.41, 5.74) is -1.26. The number of aryl methyl sites for hydroxylation is 1. The molecule has 0 amide bonds. The summed E-state index contributed by atoms with van der Waals surface area (Å²) in [4.78, 5) is 11.0. The molecule has 2 aromatic rings. The lowest BCUT2D eigenvalue weighted by Gasteiger charge is -2.08. The van der Waals surface area contributed by atoms with E-state index in [1.807, 2.05) is 0 Å². The van der Waals surface area contributed by atoms with Crippen molar-refractivity contribution < 1.29 is 17.6 Å². The van der Waals surface area contributed by atoms with Crippen molar-refractivity contribution >= 4 is 11.0 Å². The highest BCUT2D eigenvalue weighted by Crippen LogP contribution is 2.33. The zero-order valence-electron chi connectivity index (χ0n) is 8.26. The number of halogens is 3. The van der Waals surface area contributed by atoms with E-state index >= 15 is 0 Å². The van der Waals surface area contributed by atoms with Crippen molar-refractivity contribution in [3.63, 3.8) is 0 Å². The Hall–Kier alpha value is -1.78. The maximum Gasteiger partial charge on any atom is 0.417 e. The molecule has 2 nitrogen and oxygen atoms in total. The SMILES string of the molecule is Cc1ccc2c(C(F)(F)F)cc(=O)oc2c1. The molecule has 0 unspecified atom stereocenters. The van der Waals surface area contributed by atoms with E-state index in [1.165, 1.54) is 18.2 Å². The molecule has 84 valence electrons. The Balaban J connectivity index is 2.89. The number of rotatable bonds is 0. The van der Waals surface area contributed by atoms with Gasteiger partial charge in [-0.1, -0.05) is 12.1 Å². The van der Waals surface area contributed by atoms with Gasteiger partial charge in [-0.3, -0.25) is 0 Å². The molecule has 0 atom stereocenters. The fourth-order valence-electron chi connectivity index (χ4n) is 1.50. The zero-order chi connectivity index (χ0) is 11.9. The third kappa shape index (κ3) is 1.80. The third-order valence-corrected chi connectivity index (χ3v) is 2.21. The first-order chi connectivity index (χ1) is 7.38. The van der Waals surface area contributed by atoms with Crippen LogP contribution in [0, 0.1) is 6.92 Å². The number of fused-ring (bicyclic) bond motifs is 1. The van der Waals surface area contributed by atoms with Crippen LogP contribution in [-0.4, -0.2) is 0 Å². The minimum atomic E-state index is -4.55. The van der Waals surface area contributed by atoms with Crippen molar-refractivity contribution in [2.24, 2.45) is 0 Å². The Morgan fingerprint density at radius 3 is 2.50 bits per heavy atom. The molecule has 0 aliphatic carbocycles. The fourth-order valence-corrected chi connectivity index (χ4v) is 1.50. The quantitative estimate of drug-likeness (QED) is 0.648. The van der Waals surface area contributed by atoms with Gasteiger partial charge in [0.15, 0.2) is 0 Å². The van der Waals surface area contributed by atoms with Gasteiger partial charge in [0, 0.05) is 11.5 Å². The van der Waals surface area contributed by atoms with E-state index in [0.29, 0.717) is 6.07 Å². The van der Waals surface area contributed by atoms with Crippen LogP contribution in [0.25, 0.3) is 11.0 Å². The first-order valence-electron chi connectivity index (χ1n) is 4.49. The van der Waals surface area contributed by atoms with Gasteiger partial charge in [0.05, 0.1) is 5.56 Å². The van der Waals surface area contributed by atoms with E-state index in [0.717, 1.165) is 5.56 Å². The minimum Gasteiger partial charge on any atom is -0.423 e. The normalized spacial score (nSPS) is 12.0. The van der Waals surface area contributed by atoms with E-state index in [1.54, 1.807) is 6.92 Å². The van der Waals surface area contributed by atoms with E-state index in [9.17, 15) is 18.0 Å². The molecule has 0 fully saturated rings. The number of benzene rings is 1. The van der Waals surface area contributed by atoms with Crippen LogP contribution in [0.2, 0.25) is 0 Å². The van der Waals surface area contributed by atoms with Gasteiger partial charge in [-0.15, -0.1) is 0 Å². The zero-order valence-corrected chi connectivity index (χ0v) is 8.26. The summed E-state index contributed by atoms with van der Waals surface area (Å²) in [6, 6.07) is 4.72. The number of hydrogen-bond donors (Lipinski definition) is 0. The fraction of sp³-hybridized carbons (Fsp3) is 0.182. The molecular formula is C11H7F3O2. The second kappa shape index (κ2) is 3.37. The highest BCUT2D eigenvalue weighted by molar-refractivity contribution is 5.81. The summed E-state index contributed by atoms with van der Waals surface area (Å²) in [6.07, 6.45) is -4.55. The molecule has 1 aromatic heterocycles. The minimum absolute atomic E-state index is 0.0418. The van der Waals surface area contributed by atoms with Crippen molar-refractivity contribution in [1.82, 2.24) is 0 Å². The van der Waals surface area contributed by atoms with Gasteiger partial charge in [0.2, 0.25) is 0 Å². The lowest BCUT2D eigenvalue weighted by atomic mass is 10.1. The van der Waals surface area contributed by atoms with Crippen molar-refractivity contribution in [3.8, 4) is 0 Å². The third-order valence-electron chi connectivity index (χ3n) is 2.21. The molecule has 0 aliphatic heterocycles. The standard InChI is InChI=1S/C11H7F3O2/c1-6-2-3-7-8(11(12,13)14)5-10(15)16-9(7)4-6/h2-5H,1H3. The smallest absolute Gasteiger partial charge is 0.417 e. The molecule has 0 spiro atoms. The van der Waals surface area contributed by atoms with Crippen LogP contribution in [0.4, 0.5) is 13.2 Å². The average molecular weight is 228 g/mol. The highest BCUT2D eigenvalue weighted by atomic mass is 19.4. The predicted octanol–water partition coefficient (Wildman–Crippen LogP) is 3.12. The Kier molecular flexibility index (Phi) is 2.26. The van der Waals surface area contributed by atoms with Crippen LogP contribution >= 0.6 is 0 Å². The topological polar surface area (TPSA) is 30.2 Å². The van der Waals surface area contributed by atoms with Crippen molar-refractivity contribution in [2.75, 3.05) is 0 Å². The predicted molar refractivity (Wildman–Crippen MR) is 52.2 cm³/mol. The van der Waals surface area contributed by atoms with Crippen LogP contribution in [0.15, 0.2) is 33.5 Å². The van der Waals surface area contributed by atoms with E-state index in [2.05, 4.69) is 0 Å². The van der Waals surface area contributed by atoms with Crippen LogP contribution in [-0.2, 0) is 6.18 Å². The first kappa shape index (κ1) is 10.7. The van der Waals surface area contributed by atoms with Crippen LogP contribution in [0.3, 0.4) is 0 Å². The number of hydrogen-bond acceptors (Lipinski definition) is 2. The van der Waals surface area contributed by atoms with Gasteiger partial charge in [0.25, 0.3) is 0 Å². The molecule has 1 heterocycles. The molecule has 0 radical (unpaired) electrons. The average Bonchev–Trinajstić information content (AvgIpc) is 2.14. The molecular weight excluding hydrogens is 221 g/mol. The van der Waals surface area contributed by atoms with Gasteiger partial charge in [0.1, 0.15) is 5.58 Å². The van der Waals surface area contributed by atoms with Gasteiger partial charge >= 0.3 is 11.8 Å². The van der Waals surface area contributed by atoms with Gasteiger partial charge in [-0.25, -0.2) is 4.79 Å². The summed E-state index contributed by atoms with van der Waals surface area (Å²) in [5, 5.41) is -0.0994. The van der Waals surface area contributed by atoms with Crippen LogP contribution in [0.5, 0.6) is 0 Å². The van der Waals surface area contributed by atoms with E-state index < -0.39 is 17.4 Å². The van der Waals surface area contributed by atoms with E-state index in [-0.39, 0.29) is 11.0 Å². The number of alkyl halides is 3. The summed E-state index contributed by atoms with van der Waals surface area (Å²) < 4.78 is 42.6. The van der Waals surface area contributed by atoms with Crippen molar-refractivity contribution in [3.05, 3.63) is 45.8 Å². The first-order valence-corrected chi connectivity index (χ1v) is 4.49. The Morgan fingerprint density at radius 2 is 1.88 bits per heavy atom. The lowest BCUT2D eigenvalue weighted by molar-refractivity contribution is -0.136. The van der Waals surface area contributed by atoms with Gasteiger partial charge < -0.3 is 4.42 Å². The maximum atomic E-state index is 12.6. The monoisotopic (exact) mass is 228 g/mol.